The van der Waals surface area contributed by atoms with Crippen molar-refractivity contribution in [2.75, 3.05) is 0 Å². The molecule has 0 heterocycles. The van der Waals surface area contributed by atoms with Gasteiger partial charge in [-0.25, -0.2) is 0 Å². The van der Waals surface area contributed by atoms with Gasteiger partial charge in [-0.3, -0.25) is 0 Å². The summed E-state index contributed by atoms with van der Waals surface area (Å²) in [5.41, 5.74) is 3.40. The number of hydrogen-bond donors (Lipinski definition) is 1. The van der Waals surface area contributed by atoms with Crippen molar-refractivity contribution < 1.29 is 5.11 Å². The number of thioether (sulfide) groups is 1. The highest BCUT2D eigenvalue weighted by atomic mass is 35.5. The standard InChI is InChI=1S/C22H20Cl2OS/c1-15(25)21(16-5-3-2-4-6-16)26-22(17-7-11-19(23)12-8-17)18-9-13-20(24)14-10-18/h2-15,21-22,25H,1H3. The van der Waals surface area contributed by atoms with Crippen molar-refractivity contribution in [3.05, 3.63) is 106 Å². The van der Waals surface area contributed by atoms with Crippen molar-refractivity contribution in [2.24, 2.45) is 0 Å². The van der Waals surface area contributed by atoms with Crippen molar-refractivity contribution in [3.63, 3.8) is 0 Å². The molecule has 3 aromatic carbocycles. The second kappa shape index (κ2) is 8.96. The molecule has 3 aromatic rings. The predicted octanol–water partition coefficient (Wildman–Crippen LogP) is 6.94. The van der Waals surface area contributed by atoms with E-state index >= 15 is 0 Å². The van der Waals surface area contributed by atoms with E-state index in [0.29, 0.717) is 10.0 Å². The molecule has 0 spiro atoms. The van der Waals surface area contributed by atoms with Crippen molar-refractivity contribution >= 4 is 35.0 Å². The summed E-state index contributed by atoms with van der Waals surface area (Å²) >= 11 is 13.9. The third-order valence-electron chi connectivity index (χ3n) is 4.19. The van der Waals surface area contributed by atoms with Gasteiger partial charge in [-0.1, -0.05) is 77.8 Å². The van der Waals surface area contributed by atoms with Crippen LogP contribution < -0.4 is 0 Å². The normalized spacial score (nSPS) is 13.6. The van der Waals surface area contributed by atoms with Crippen molar-refractivity contribution in [3.8, 4) is 0 Å². The first-order valence-electron chi connectivity index (χ1n) is 8.44. The lowest BCUT2D eigenvalue weighted by Crippen LogP contribution is -2.13. The molecule has 0 fully saturated rings. The van der Waals surface area contributed by atoms with Crippen LogP contribution in [-0.4, -0.2) is 11.2 Å². The van der Waals surface area contributed by atoms with E-state index in [-0.39, 0.29) is 10.5 Å². The Morgan fingerprint density at radius 3 is 1.58 bits per heavy atom. The molecule has 4 heteroatoms. The van der Waals surface area contributed by atoms with Crippen LogP contribution in [-0.2, 0) is 0 Å². The zero-order valence-corrected chi connectivity index (χ0v) is 16.7. The van der Waals surface area contributed by atoms with E-state index < -0.39 is 6.10 Å². The van der Waals surface area contributed by atoms with Gasteiger partial charge < -0.3 is 5.11 Å². The van der Waals surface area contributed by atoms with Crippen LogP contribution in [0.25, 0.3) is 0 Å². The minimum absolute atomic E-state index is 0.0486. The van der Waals surface area contributed by atoms with Gasteiger partial charge in [0, 0.05) is 10.0 Å². The summed E-state index contributed by atoms with van der Waals surface area (Å²) in [5.74, 6) is 0. The fourth-order valence-corrected chi connectivity index (χ4v) is 4.60. The van der Waals surface area contributed by atoms with E-state index in [0.717, 1.165) is 16.7 Å². The summed E-state index contributed by atoms with van der Waals surface area (Å²) in [5, 5.41) is 11.9. The van der Waals surface area contributed by atoms with E-state index in [1.807, 2.05) is 73.7 Å². The summed E-state index contributed by atoms with van der Waals surface area (Å²) in [4.78, 5) is 0. The Balaban J connectivity index is 1.99. The second-order valence-electron chi connectivity index (χ2n) is 6.19. The van der Waals surface area contributed by atoms with Crippen molar-refractivity contribution in [1.29, 1.82) is 0 Å². The highest BCUT2D eigenvalue weighted by Crippen LogP contribution is 2.46. The first-order chi connectivity index (χ1) is 12.5. The third-order valence-corrected chi connectivity index (χ3v) is 6.47. The zero-order valence-electron chi connectivity index (χ0n) is 14.3. The highest BCUT2D eigenvalue weighted by Gasteiger charge is 2.25. The lowest BCUT2D eigenvalue weighted by Gasteiger charge is -2.26. The largest absolute Gasteiger partial charge is 0.392 e. The van der Waals surface area contributed by atoms with Crippen LogP contribution in [0.4, 0.5) is 0 Å². The SMILES string of the molecule is CC(O)C(SC(c1ccc(Cl)cc1)c1ccc(Cl)cc1)c1ccccc1. The van der Waals surface area contributed by atoms with Crippen LogP contribution in [0.3, 0.4) is 0 Å². The fraction of sp³-hybridized carbons (Fsp3) is 0.182. The van der Waals surface area contributed by atoms with Gasteiger partial charge in [-0.2, -0.15) is 0 Å². The van der Waals surface area contributed by atoms with Gasteiger partial charge in [0.1, 0.15) is 0 Å². The monoisotopic (exact) mass is 402 g/mol. The summed E-state index contributed by atoms with van der Waals surface area (Å²) in [6.07, 6.45) is -0.482. The summed E-state index contributed by atoms with van der Waals surface area (Å²) < 4.78 is 0. The van der Waals surface area contributed by atoms with Crippen LogP contribution in [0, 0.1) is 0 Å². The molecule has 3 rings (SSSR count). The molecule has 0 saturated carbocycles. The van der Waals surface area contributed by atoms with E-state index in [2.05, 4.69) is 12.1 Å². The number of rotatable bonds is 6. The molecule has 0 radical (unpaired) electrons. The maximum atomic E-state index is 10.4. The number of hydrogen-bond acceptors (Lipinski definition) is 2. The topological polar surface area (TPSA) is 20.2 Å². The van der Waals surface area contributed by atoms with Crippen LogP contribution >= 0.6 is 35.0 Å². The van der Waals surface area contributed by atoms with Gasteiger partial charge in [-0.05, 0) is 47.9 Å². The van der Waals surface area contributed by atoms with Crippen LogP contribution in [0.1, 0.15) is 34.1 Å². The Hall–Kier alpha value is -1.45. The van der Waals surface area contributed by atoms with Gasteiger partial charge in [0.15, 0.2) is 0 Å². The lowest BCUT2D eigenvalue weighted by molar-refractivity contribution is 0.192. The third kappa shape index (κ3) is 4.83. The van der Waals surface area contributed by atoms with E-state index in [9.17, 15) is 5.11 Å². The molecule has 1 nitrogen and oxygen atoms in total. The molecule has 0 bridgehead atoms. The Kier molecular flexibility index (Phi) is 6.66. The number of halogens is 2. The van der Waals surface area contributed by atoms with Crippen LogP contribution in [0.5, 0.6) is 0 Å². The quantitative estimate of drug-likeness (QED) is 0.481. The first kappa shape index (κ1) is 19.3. The molecule has 1 N–H and O–H groups in total. The molecule has 0 aliphatic carbocycles. The number of benzene rings is 3. The molecule has 0 amide bonds. The predicted molar refractivity (Wildman–Crippen MR) is 113 cm³/mol. The molecule has 134 valence electrons. The minimum Gasteiger partial charge on any atom is -0.392 e. The molecule has 2 unspecified atom stereocenters. The van der Waals surface area contributed by atoms with Crippen LogP contribution in [0.2, 0.25) is 10.0 Å². The molecule has 0 saturated heterocycles. The van der Waals surface area contributed by atoms with E-state index in [1.54, 1.807) is 11.8 Å². The smallest absolute Gasteiger partial charge is 0.0671 e. The fourth-order valence-electron chi connectivity index (χ4n) is 2.88. The van der Waals surface area contributed by atoms with Gasteiger partial charge in [-0.15, -0.1) is 11.8 Å². The maximum absolute atomic E-state index is 10.4. The van der Waals surface area contributed by atoms with Gasteiger partial charge in [0.2, 0.25) is 0 Å². The Morgan fingerprint density at radius 1 is 0.692 bits per heavy atom. The summed E-state index contributed by atoms with van der Waals surface area (Å²) in [7, 11) is 0. The second-order valence-corrected chi connectivity index (χ2v) is 8.32. The minimum atomic E-state index is -0.482. The molecule has 0 aliphatic rings. The van der Waals surface area contributed by atoms with Gasteiger partial charge in [0.25, 0.3) is 0 Å². The van der Waals surface area contributed by atoms with E-state index in [4.69, 9.17) is 23.2 Å². The molecule has 0 aromatic heterocycles. The summed E-state index contributed by atoms with van der Waals surface area (Å²) in [6, 6.07) is 25.9. The average molecular weight is 403 g/mol. The van der Waals surface area contributed by atoms with Crippen molar-refractivity contribution in [2.45, 2.75) is 23.5 Å². The number of aliphatic hydroxyl groups excluding tert-OH is 1. The first-order valence-corrected chi connectivity index (χ1v) is 10.1. The molecule has 0 aliphatic heterocycles. The van der Waals surface area contributed by atoms with Gasteiger partial charge >= 0.3 is 0 Å². The average Bonchev–Trinajstić information content (AvgIpc) is 2.65. The maximum Gasteiger partial charge on any atom is 0.0671 e. The Morgan fingerprint density at radius 2 is 1.15 bits per heavy atom. The number of aliphatic hydroxyl groups is 1. The Labute approximate surface area is 169 Å². The Bertz CT molecular complexity index is 772. The summed E-state index contributed by atoms with van der Waals surface area (Å²) in [6.45, 7) is 1.84. The molecule has 2 atom stereocenters. The molecule has 26 heavy (non-hydrogen) atoms. The van der Waals surface area contributed by atoms with Gasteiger partial charge in [0.05, 0.1) is 16.6 Å². The van der Waals surface area contributed by atoms with Crippen LogP contribution in [0.15, 0.2) is 78.9 Å². The molecular formula is C22H20Cl2OS. The highest BCUT2D eigenvalue weighted by molar-refractivity contribution is 8.00. The van der Waals surface area contributed by atoms with E-state index in [1.165, 1.54) is 0 Å². The lowest BCUT2D eigenvalue weighted by atomic mass is 10.0. The van der Waals surface area contributed by atoms with Crippen molar-refractivity contribution in [1.82, 2.24) is 0 Å². The molecular weight excluding hydrogens is 383 g/mol. The zero-order chi connectivity index (χ0) is 18.5.